The van der Waals surface area contributed by atoms with Crippen LogP contribution in [0.3, 0.4) is 0 Å². The van der Waals surface area contributed by atoms with Gasteiger partial charge in [-0.3, -0.25) is 19.2 Å². The third-order valence-electron chi connectivity index (χ3n) is 9.14. The van der Waals surface area contributed by atoms with Gasteiger partial charge in [-0.15, -0.1) is 0 Å². The third-order valence-corrected chi connectivity index (χ3v) is 9.14. The Morgan fingerprint density at radius 3 is 1.58 bits per heavy atom. The van der Waals surface area contributed by atoms with Gasteiger partial charge in [-0.2, -0.15) is 0 Å². The molecular formula is C44H63NO12. The Hall–Kier alpha value is -4.46. The summed E-state index contributed by atoms with van der Waals surface area (Å²) in [5.41, 5.74) is -2.60. The number of carbonyl (C=O) groups is 6. The molecule has 1 N–H and O–H groups in total. The first kappa shape index (κ1) is 48.7. The van der Waals surface area contributed by atoms with E-state index < -0.39 is 88.2 Å². The predicted octanol–water partition coefficient (Wildman–Crippen LogP) is 5.85. The van der Waals surface area contributed by atoms with E-state index in [-0.39, 0.29) is 6.42 Å². The maximum atomic E-state index is 13.7. The van der Waals surface area contributed by atoms with Crippen LogP contribution in [0.25, 0.3) is 0 Å². The maximum Gasteiger partial charge on any atom is 0.335 e. The second-order valence-electron chi connectivity index (χ2n) is 16.6. The van der Waals surface area contributed by atoms with Crippen LogP contribution in [-0.2, 0) is 70.0 Å². The molecule has 5 atom stereocenters. The minimum atomic E-state index is -1.62. The topological polar surface area (TPSA) is 170 Å². The Kier molecular flexibility index (Phi) is 17.8. The van der Waals surface area contributed by atoms with Gasteiger partial charge in [0.25, 0.3) is 0 Å². The molecule has 13 nitrogen and oxygen atoms in total. The second-order valence-corrected chi connectivity index (χ2v) is 16.6. The summed E-state index contributed by atoms with van der Waals surface area (Å²) in [5.74, 6) is -4.11. The molecule has 57 heavy (non-hydrogen) atoms. The van der Waals surface area contributed by atoms with Crippen LogP contribution >= 0.6 is 0 Å². The summed E-state index contributed by atoms with van der Waals surface area (Å²) in [6, 6.07) is 18.1. The molecule has 0 radical (unpaired) electrons. The average molecular weight is 798 g/mol. The van der Waals surface area contributed by atoms with Crippen LogP contribution in [0.15, 0.2) is 60.7 Å². The van der Waals surface area contributed by atoms with Crippen LogP contribution < -0.4 is 5.32 Å². The number of esters is 3. The molecule has 0 saturated carbocycles. The zero-order chi connectivity index (χ0) is 43.4. The number of hydrogen-bond acceptors (Lipinski definition) is 12. The van der Waals surface area contributed by atoms with Crippen LogP contribution in [0, 0.1) is 0 Å². The number of Topliss-reactive ketones (excluding diaryl/α,β-unsaturated/α-hetero) is 2. The van der Waals surface area contributed by atoms with Gasteiger partial charge in [0, 0.05) is 26.2 Å². The second kappa shape index (κ2) is 20.8. The monoisotopic (exact) mass is 797 g/mol. The van der Waals surface area contributed by atoms with E-state index in [4.69, 9.17) is 28.4 Å². The summed E-state index contributed by atoms with van der Waals surface area (Å²) < 4.78 is 34.0. The SMILES string of the molecule is CC(=O)OC(C)C(=O)C(C)(C)OC(C)C(=O)OC(C)C(=O)C(C)(C)OC(C)C(=O)NC(Cc1ccccc1)C(=O)OC(C)(C)CCOC(C)(C)Cc1ccccc1. The van der Waals surface area contributed by atoms with Gasteiger partial charge in [0.05, 0.1) is 12.2 Å². The van der Waals surface area contributed by atoms with Crippen LogP contribution in [0.4, 0.5) is 0 Å². The van der Waals surface area contributed by atoms with Gasteiger partial charge in [0.15, 0.2) is 18.3 Å². The molecule has 0 aromatic heterocycles. The molecule has 2 aromatic rings. The van der Waals surface area contributed by atoms with E-state index in [1.807, 2.05) is 74.5 Å². The summed E-state index contributed by atoms with van der Waals surface area (Å²) in [6.45, 7) is 20.4. The highest BCUT2D eigenvalue weighted by Gasteiger charge is 2.41. The smallest absolute Gasteiger partial charge is 0.335 e. The molecular weight excluding hydrogens is 734 g/mol. The molecule has 2 aromatic carbocycles. The first-order valence-corrected chi connectivity index (χ1v) is 19.3. The third kappa shape index (κ3) is 16.5. The fraction of sp³-hybridized carbons (Fsp3) is 0.591. The largest absolute Gasteiger partial charge is 0.458 e. The summed E-state index contributed by atoms with van der Waals surface area (Å²) >= 11 is 0. The Balaban J connectivity index is 2.05. The minimum Gasteiger partial charge on any atom is -0.458 e. The quantitative estimate of drug-likeness (QED) is 0.105. The molecule has 0 heterocycles. The first-order chi connectivity index (χ1) is 26.2. The zero-order valence-corrected chi connectivity index (χ0v) is 35.9. The van der Waals surface area contributed by atoms with Gasteiger partial charge in [-0.25, -0.2) is 9.59 Å². The van der Waals surface area contributed by atoms with E-state index in [1.54, 1.807) is 13.8 Å². The van der Waals surface area contributed by atoms with Crippen LogP contribution in [-0.4, -0.2) is 94.9 Å². The summed E-state index contributed by atoms with van der Waals surface area (Å²) in [5, 5.41) is 2.74. The minimum absolute atomic E-state index is 0.134. The highest BCUT2D eigenvalue weighted by Crippen LogP contribution is 2.24. The molecule has 5 unspecified atom stereocenters. The normalized spacial score (nSPS) is 15.0. The summed E-state index contributed by atoms with van der Waals surface area (Å²) in [6.07, 6.45) is -3.70. The maximum absolute atomic E-state index is 13.7. The van der Waals surface area contributed by atoms with Crippen molar-refractivity contribution < 1.29 is 57.2 Å². The van der Waals surface area contributed by atoms with Gasteiger partial charge >= 0.3 is 17.9 Å². The molecule has 0 aliphatic heterocycles. The lowest BCUT2D eigenvalue weighted by molar-refractivity contribution is -0.183. The van der Waals surface area contributed by atoms with Gasteiger partial charge in [0.1, 0.15) is 28.9 Å². The fourth-order valence-electron chi connectivity index (χ4n) is 6.14. The number of ether oxygens (including phenoxy) is 6. The molecule has 0 spiro atoms. The lowest BCUT2D eigenvalue weighted by Gasteiger charge is -2.32. The molecule has 0 fully saturated rings. The van der Waals surface area contributed by atoms with E-state index in [2.05, 4.69) is 5.32 Å². The van der Waals surface area contributed by atoms with Gasteiger partial charge < -0.3 is 33.7 Å². The number of rotatable bonds is 23. The van der Waals surface area contributed by atoms with Crippen LogP contribution in [0.5, 0.6) is 0 Å². The molecule has 2 rings (SSSR count). The lowest BCUT2D eigenvalue weighted by atomic mass is 9.98. The number of nitrogens with one attached hydrogen (secondary N) is 1. The van der Waals surface area contributed by atoms with E-state index in [1.165, 1.54) is 62.3 Å². The number of carbonyl (C=O) groups excluding carboxylic acids is 6. The van der Waals surface area contributed by atoms with Crippen LogP contribution in [0.2, 0.25) is 0 Å². The van der Waals surface area contributed by atoms with Crippen molar-refractivity contribution in [1.82, 2.24) is 5.32 Å². The standard InChI is InChI=1S/C44H63NO12/c1-28(53-32(5)46)36(47)44(12,13)56-31(4)39(50)54-29(2)37(48)43(10,11)55-30(3)38(49)45-35(26-33-20-16-14-17-21-33)40(51)57-41(6,7)24-25-52-42(8,9)27-34-22-18-15-19-23-34/h14-23,28-31,35H,24-27H2,1-13H3,(H,45,49). The fourth-order valence-corrected chi connectivity index (χ4v) is 6.14. The van der Waals surface area contributed by atoms with Crippen molar-refractivity contribution in [3.05, 3.63) is 71.8 Å². The Bertz CT molecular complexity index is 1670. The van der Waals surface area contributed by atoms with Crippen molar-refractivity contribution in [3.63, 3.8) is 0 Å². The Morgan fingerprint density at radius 1 is 0.596 bits per heavy atom. The van der Waals surface area contributed by atoms with Crippen molar-refractivity contribution in [1.29, 1.82) is 0 Å². The summed E-state index contributed by atoms with van der Waals surface area (Å²) in [4.78, 5) is 77.7. The van der Waals surface area contributed by atoms with Crippen LogP contribution in [0.1, 0.15) is 108 Å². The zero-order valence-electron chi connectivity index (χ0n) is 35.9. The highest BCUT2D eigenvalue weighted by molar-refractivity contribution is 5.94. The molecule has 0 aliphatic rings. The highest BCUT2D eigenvalue weighted by atomic mass is 16.6. The van der Waals surface area contributed by atoms with E-state index in [0.717, 1.165) is 11.1 Å². The van der Waals surface area contributed by atoms with Gasteiger partial charge in [0.2, 0.25) is 17.5 Å². The molecule has 316 valence electrons. The Labute approximate surface area is 337 Å². The molecule has 0 saturated heterocycles. The number of hydrogen-bond donors (Lipinski definition) is 1. The molecule has 1 amide bonds. The van der Waals surface area contributed by atoms with Crippen molar-refractivity contribution in [2.45, 2.75) is 162 Å². The molecule has 0 bridgehead atoms. The average Bonchev–Trinajstić information content (AvgIpc) is 3.10. The summed E-state index contributed by atoms with van der Waals surface area (Å²) in [7, 11) is 0. The van der Waals surface area contributed by atoms with Gasteiger partial charge in [-0.05, 0) is 94.2 Å². The number of ketones is 2. The van der Waals surface area contributed by atoms with Crippen molar-refractivity contribution in [3.8, 4) is 0 Å². The van der Waals surface area contributed by atoms with Crippen molar-refractivity contribution >= 4 is 35.4 Å². The van der Waals surface area contributed by atoms with Crippen molar-refractivity contribution in [2.24, 2.45) is 0 Å². The van der Waals surface area contributed by atoms with E-state index in [9.17, 15) is 28.8 Å². The van der Waals surface area contributed by atoms with E-state index >= 15 is 0 Å². The Morgan fingerprint density at radius 2 is 1.07 bits per heavy atom. The van der Waals surface area contributed by atoms with Gasteiger partial charge in [-0.1, -0.05) is 60.7 Å². The van der Waals surface area contributed by atoms with E-state index in [0.29, 0.717) is 19.4 Å². The number of amides is 1. The molecule has 13 heteroatoms. The first-order valence-electron chi connectivity index (χ1n) is 19.3. The predicted molar refractivity (Wildman–Crippen MR) is 213 cm³/mol. The number of benzene rings is 2. The molecule has 0 aliphatic carbocycles. The van der Waals surface area contributed by atoms with Crippen molar-refractivity contribution in [2.75, 3.05) is 6.61 Å². The lowest BCUT2D eigenvalue weighted by Crippen LogP contribution is -2.52.